The molecule has 0 heterocycles. The van der Waals surface area contributed by atoms with Crippen LogP contribution in [-0.4, -0.2) is 43.8 Å². The zero-order valence-electron chi connectivity index (χ0n) is 22.0. The molecule has 1 atom stereocenters. The maximum atomic E-state index is 14.9. The van der Waals surface area contributed by atoms with Gasteiger partial charge in [0.2, 0.25) is 11.8 Å². The lowest BCUT2D eigenvalue weighted by molar-refractivity contribution is -0.139. The lowest BCUT2D eigenvalue weighted by atomic mass is 9.95. The molecule has 1 aliphatic carbocycles. The number of rotatable bonds is 10. The normalized spacial score (nSPS) is 14.8. The van der Waals surface area contributed by atoms with Crippen LogP contribution in [0.1, 0.15) is 44.6 Å². The number of hydrogen-bond donors (Lipinski definition) is 1. The van der Waals surface area contributed by atoms with E-state index in [4.69, 9.17) is 0 Å². The van der Waals surface area contributed by atoms with Crippen molar-refractivity contribution in [1.29, 1.82) is 0 Å². The van der Waals surface area contributed by atoms with Gasteiger partial charge in [0.25, 0.3) is 10.0 Å². The molecule has 1 fully saturated rings. The van der Waals surface area contributed by atoms with Gasteiger partial charge in [-0.2, -0.15) is 0 Å². The summed E-state index contributed by atoms with van der Waals surface area (Å²) in [6.45, 7) is 1.06. The number of amides is 2. The molecule has 0 radical (unpaired) electrons. The molecule has 1 saturated carbocycles. The van der Waals surface area contributed by atoms with Crippen LogP contribution < -0.4 is 9.62 Å². The highest BCUT2D eigenvalue weighted by molar-refractivity contribution is 7.92. The third kappa shape index (κ3) is 7.03. The molecule has 7 nitrogen and oxygen atoms in total. The number of halogens is 1. The van der Waals surface area contributed by atoms with Gasteiger partial charge in [0, 0.05) is 12.6 Å². The maximum absolute atomic E-state index is 14.9. The van der Waals surface area contributed by atoms with E-state index in [1.165, 1.54) is 35.2 Å². The fourth-order valence-corrected chi connectivity index (χ4v) is 6.26. The summed E-state index contributed by atoms with van der Waals surface area (Å²) in [6, 6.07) is 21.4. The lowest BCUT2D eigenvalue weighted by Gasteiger charge is -2.33. The molecule has 0 aromatic heterocycles. The molecule has 4 rings (SSSR count). The number of hydrogen-bond acceptors (Lipinski definition) is 4. The van der Waals surface area contributed by atoms with Crippen LogP contribution in [0, 0.1) is 5.82 Å². The highest BCUT2D eigenvalue weighted by Crippen LogP contribution is 2.27. The molecular weight excluding hydrogens is 517 g/mol. The average Bonchev–Trinajstić information content (AvgIpc) is 2.96. The van der Waals surface area contributed by atoms with Crippen LogP contribution in [0.2, 0.25) is 0 Å². The van der Waals surface area contributed by atoms with Crippen LogP contribution in [0.15, 0.2) is 89.8 Å². The van der Waals surface area contributed by atoms with E-state index >= 15 is 0 Å². The van der Waals surface area contributed by atoms with Gasteiger partial charge in [-0.25, -0.2) is 12.8 Å². The van der Waals surface area contributed by atoms with Crippen molar-refractivity contribution in [3.8, 4) is 0 Å². The van der Waals surface area contributed by atoms with Crippen LogP contribution in [0.25, 0.3) is 0 Å². The van der Waals surface area contributed by atoms with Gasteiger partial charge in [0.05, 0.1) is 10.6 Å². The van der Waals surface area contributed by atoms with E-state index in [0.29, 0.717) is 0 Å². The smallest absolute Gasteiger partial charge is 0.264 e. The minimum Gasteiger partial charge on any atom is -0.352 e. The summed E-state index contributed by atoms with van der Waals surface area (Å²) < 4.78 is 43.1. The number of benzene rings is 3. The quantitative estimate of drug-likeness (QED) is 0.389. The van der Waals surface area contributed by atoms with Crippen LogP contribution in [0.3, 0.4) is 0 Å². The first-order chi connectivity index (χ1) is 18.8. The zero-order chi connectivity index (χ0) is 27.8. The van der Waals surface area contributed by atoms with E-state index < -0.39 is 34.3 Å². The Bertz CT molecular complexity index is 1360. The van der Waals surface area contributed by atoms with Crippen molar-refractivity contribution >= 4 is 27.5 Å². The molecule has 2 amide bonds. The molecule has 1 aliphatic rings. The molecule has 0 spiro atoms. The maximum Gasteiger partial charge on any atom is 0.264 e. The number of nitrogens with one attached hydrogen (secondary N) is 1. The number of sulfonamides is 1. The number of para-hydroxylation sites is 1. The molecule has 1 N–H and O–H groups in total. The molecule has 0 aliphatic heterocycles. The average molecular weight is 552 g/mol. The van der Waals surface area contributed by atoms with Gasteiger partial charge in [0.1, 0.15) is 18.4 Å². The van der Waals surface area contributed by atoms with Crippen molar-refractivity contribution in [3.05, 3.63) is 96.3 Å². The predicted octanol–water partition coefficient (Wildman–Crippen LogP) is 4.89. The molecule has 39 heavy (non-hydrogen) atoms. The Balaban J connectivity index is 1.66. The molecular formula is C30H34FN3O4S. The minimum absolute atomic E-state index is 0.0516. The Morgan fingerprint density at radius 3 is 2.13 bits per heavy atom. The summed E-state index contributed by atoms with van der Waals surface area (Å²) in [6.07, 6.45) is 5.01. The van der Waals surface area contributed by atoms with E-state index in [2.05, 4.69) is 5.32 Å². The Morgan fingerprint density at radius 2 is 1.49 bits per heavy atom. The summed E-state index contributed by atoms with van der Waals surface area (Å²) in [5, 5.41) is 3.07. The van der Waals surface area contributed by atoms with Crippen molar-refractivity contribution in [1.82, 2.24) is 10.2 Å². The van der Waals surface area contributed by atoms with Gasteiger partial charge in [0.15, 0.2) is 0 Å². The molecule has 0 bridgehead atoms. The Morgan fingerprint density at radius 1 is 0.897 bits per heavy atom. The van der Waals surface area contributed by atoms with Gasteiger partial charge in [-0.3, -0.25) is 13.9 Å². The van der Waals surface area contributed by atoms with Crippen LogP contribution in [0.5, 0.6) is 0 Å². The first-order valence-electron chi connectivity index (χ1n) is 13.2. The summed E-state index contributed by atoms with van der Waals surface area (Å²) in [5.74, 6) is -1.69. The van der Waals surface area contributed by atoms with Gasteiger partial charge >= 0.3 is 0 Å². The molecule has 3 aromatic carbocycles. The highest BCUT2D eigenvalue weighted by Gasteiger charge is 2.34. The monoisotopic (exact) mass is 551 g/mol. The second-order valence-electron chi connectivity index (χ2n) is 9.80. The van der Waals surface area contributed by atoms with Crippen molar-refractivity contribution in [3.63, 3.8) is 0 Å². The summed E-state index contributed by atoms with van der Waals surface area (Å²) >= 11 is 0. The SMILES string of the molecule is C[C@@H](C(=O)NC1CCCCC1)N(Cc1ccccc1)C(=O)CN(c1ccccc1F)S(=O)(=O)c1ccccc1. The van der Waals surface area contributed by atoms with Crippen LogP contribution >= 0.6 is 0 Å². The number of carbonyl (C=O) groups excluding carboxylic acids is 2. The molecule has 9 heteroatoms. The van der Waals surface area contributed by atoms with Crippen molar-refractivity contribution < 1.29 is 22.4 Å². The summed E-state index contributed by atoms with van der Waals surface area (Å²) in [5.41, 5.74) is 0.542. The number of carbonyl (C=O) groups is 2. The lowest BCUT2D eigenvalue weighted by Crippen LogP contribution is -2.53. The second kappa shape index (κ2) is 12.9. The number of nitrogens with zero attached hydrogens (tertiary/aromatic N) is 2. The predicted molar refractivity (Wildman–Crippen MR) is 149 cm³/mol. The van der Waals surface area contributed by atoms with Gasteiger partial charge in [-0.1, -0.05) is 79.9 Å². The summed E-state index contributed by atoms with van der Waals surface area (Å²) in [4.78, 5) is 28.4. The Kier molecular flexibility index (Phi) is 9.35. The van der Waals surface area contributed by atoms with E-state index in [-0.39, 0.29) is 29.1 Å². The second-order valence-corrected chi connectivity index (χ2v) is 11.7. The number of anilines is 1. The van der Waals surface area contributed by atoms with E-state index in [0.717, 1.165) is 48.0 Å². The van der Waals surface area contributed by atoms with Crippen molar-refractivity contribution in [2.45, 2.75) is 62.6 Å². The molecule has 0 unspecified atom stereocenters. The Hall–Kier alpha value is -3.72. The van der Waals surface area contributed by atoms with Crippen LogP contribution in [0.4, 0.5) is 10.1 Å². The van der Waals surface area contributed by atoms with Gasteiger partial charge < -0.3 is 10.2 Å². The standard InChI is InChI=1S/C30H34FN3O4S/c1-23(30(36)32-25-15-7-3-8-16-25)33(21-24-13-5-2-6-14-24)29(35)22-34(28-20-12-11-19-27(28)31)39(37,38)26-17-9-4-10-18-26/h2,4-6,9-14,17-20,23,25H,3,7-8,15-16,21-22H2,1H3,(H,32,36)/t23-/m0/s1. The van der Waals surface area contributed by atoms with E-state index in [1.807, 2.05) is 30.3 Å². The molecule has 206 valence electrons. The topological polar surface area (TPSA) is 86.8 Å². The molecule has 0 saturated heterocycles. The van der Waals surface area contributed by atoms with E-state index in [1.54, 1.807) is 25.1 Å². The fraction of sp³-hybridized carbons (Fsp3) is 0.333. The van der Waals surface area contributed by atoms with Crippen LogP contribution in [-0.2, 0) is 26.2 Å². The third-order valence-electron chi connectivity index (χ3n) is 7.05. The first kappa shape index (κ1) is 28.3. The van der Waals surface area contributed by atoms with Crippen molar-refractivity contribution in [2.75, 3.05) is 10.8 Å². The molecule has 3 aromatic rings. The third-order valence-corrected chi connectivity index (χ3v) is 8.82. The van der Waals surface area contributed by atoms with E-state index in [9.17, 15) is 22.4 Å². The Labute approximate surface area is 229 Å². The first-order valence-corrected chi connectivity index (χ1v) is 14.7. The fourth-order valence-electron chi connectivity index (χ4n) is 4.82. The van der Waals surface area contributed by atoms with Gasteiger partial charge in [-0.05, 0) is 49.6 Å². The van der Waals surface area contributed by atoms with Gasteiger partial charge in [-0.15, -0.1) is 0 Å². The highest BCUT2D eigenvalue weighted by atomic mass is 32.2. The largest absolute Gasteiger partial charge is 0.352 e. The minimum atomic E-state index is -4.30. The summed E-state index contributed by atoms with van der Waals surface area (Å²) in [7, 11) is -4.30. The zero-order valence-corrected chi connectivity index (χ0v) is 22.8. The van der Waals surface area contributed by atoms with Crippen molar-refractivity contribution in [2.24, 2.45) is 0 Å².